The Bertz CT molecular complexity index is 326. The SMILES string of the molecule is CNC1(c2cc3c(s2)CCCC3)CC1. The topological polar surface area (TPSA) is 12.0 Å². The highest BCUT2D eigenvalue weighted by Crippen LogP contribution is 2.49. The van der Waals surface area contributed by atoms with Gasteiger partial charge in [0.05, 0.1) is 5.54 Å². The normalized spacial score (nSPS) is 23.2. The third kappa shape index (κ3) is 1.24. The van der Waals surface area contributed by atoms with Crippen LogP contribution in [0.15, 0.2) is 6.07 Å². The fraction of sp³-hybridized carbons (Fsp3) is 0.667. The Balaban J connectivity index is 1.96. The molecule has 0 aliphatic heterocycles. The molecule has 1 heterocycles. The highest BCUT2D eigenvalue weighted by molar-refractivity contribution is 7.12. The monoisotopic (exact) mass is 207 g/mol. The van der Waals surface area contributed by atoms with E-state index in [0.29, 0.717) is 5.54 Å². The van der Waals surface area contributed by atoms with Crippen LogP contribution in [-0.4, -0.2) is 7.05 Å². The molecule has 0 radical (unpaired) electrons. The van der Waals surface area contributed by atoms with Gasteiger partial charge in [-0.25, -0.2) is 0 Å². The molecule has 0 bridgehead atoms. The summed E-state index contributed by atoms with van der Waals surface area (Å²) in [6.45, 7) is 0. The minimum Gasteiger partial charge on any atom is -0.310 e. The van der Waals surface area contributed by atoms with Crippen LogP contribution in [0.4, 0.5) is 0 Å². The first-order valence-corrected chi connectivity index (χ1v) is 6.47. The maximum atomic E-state index is 3.49. The summed E-state index contributed by atoms with van der Waals surface area (Å²) < 4.78 is 0. The van der Waals surface area contributed by atoms with E-state index >= 15 is 0 Å². The quantitative estimate of drug-likeness (QED) is 0.786. The van der Waals surface area contributed by atoms with Gasteiger partial charge >= 0.3 is 0 Å². The smallest absolute Gasteiger partial charge is 0.0528 e. The Morgan fingerprint density at radius 3 is 2.71 bits per heavy atom. The molecule has 2 aliphatic carbocycles. The van der Waals surface area contributed by atoms with E-state index in [4.69, 9.17) is 0 Å². The fourth-order valence-electron chi connectivity index (χ4n) is 2.47. The standard InChI is InChI=1S/C12H17NS/c1-13-12(6-7-12)11-8-9-4-2-3-5-10(9)14-11/h8,13H,2-7H2,1H3. The van der Waals surface area contributed by atoms with Gasteiger partial charge in [-0.3, -0.25) is 0 Å². The van der Waals surface area contributed by atoms with Gasteiger partial charge in [0, 0.05) is 9.75 Å². The summed E-state index contributed by atoms with van der Waals surface area (Å²) >= 11 is 2.07. The largest absolute Gasteiger partial charge is 0.310 e. The van der Waals surface area contributed by atoms with Gasteiger partial charge in [-0.1, -0.05) is 0 Å². The van der Waals surface area contributed by atoms with E-state index in [1.165, 1.54) is 38.5 Å². The van der Waals surface area contributed by atoms with Crippen LogP contribution >= 0.6 is 11.3 Å². The third-order valence-electron chi connectivity index (χ3n) is 3.70. The summed E-state index contributed by atoms with van der Waals surface area (Å²) in [5.41, 5.74) is 2.04. The summed E-state index contributed by atoms with van der Waals surface area (Å²) in [6.07, 6.45) is 8.13. The number of fused-ring (bicyclic) bond motifs is 1. The van der Waals surface area contributed by atoms with E-state index in [1.807, 2.05) is 0 Å². The lowest BCUT2D eigenvalue weighted by Gasteiger charge is -2.10. The van der Waals surface area contributed by atoms with Crippen molar-refractivity contribution in [1.82, 2.24) is 5.32 Å². The Morgan fingerprint density at radius 2 is 2.07 bits per heavy atom. The molecule has 3 rings (SSSR count). The van der Waals surface area contributed by atoms with Crippen LogP contribution < -0.4 is 5.32 Å². The van der Waals surface area contributed by atoms with Crippen molar-refractivity contribution in [3.8, 4) is 0 Å². The van der Waals surface area contributed by atoms with Gasteiger partial charge < -0.3 is 5.32 Å². The maximum Gasteiger partial charge on any atom is 0.0528 e. The van der Waals surface area contributed by atoms with Crippen molar-refractivity contribution >= 4 is 11.3 Å². The zero-order valence-corrected chi connectivity index (χ0v) is 9.54. The van der Waals surface area contributed by atoms with Gasteiger partial charge in [-0.2, -0.15) is 0 Å². The van der Waals surface area contributed by atoms with E-state index in [1.54, 1.807) is 15.3 Å². The molecule has 0 unspecified atom stereocenters. The number of aryl methyl sites for hydroxylation is 2. The molecule has 14 heavy (non-hydrogen) atoms. The molecule has 1 N–H and O–H groups in total. The fourth-order valence-corrected chi connectivity index (χ4v) is 3.98. The van der Waals surface area contributed by atoms with Crippen LogP contribution in [0.25, 0.3) is 0 Å². The molecule has 1 saturated carbocycles. The van der Waals surface area contributed by atoms with Gasteiger partial charge in [0.15, 0.2) is 0 Å². The van der Waals surface area contributed by atoms with E-state index in [2.05, 4.69) is 29.8 Å². The van der Waals surface area contributed by atoms with Crippen LogP contribution in [-0.2, 0) is 18.4 Å². The zero-order chi connectivity index (χ0) is 9.60. The highest BCUT2D eigenvalue weighted by Gasteiger charge is 2.44. The van der Waals surface area contributed by atoms with Crippen LogP contribution in [0.1, 0.15) is 41.0 Å². The predicted molar refractivity (Wildman–Crippen MR) is 60.9 cm³/mol. The lowest BCUT2D eigenvalue weighted by Crippen LogP contribution is -2.23. The van der Waals surface area contributed by atoms with Crippen molar-refractivity contribution in [1.29, 1.82) is 0 Å². The molecule has 1 aromatic heterocycles. The number of nitrogens with one attached hydrogen (secondary N) is 1. The molecular weight excluding hydrogens is 190 g/mol. The molecule has 76 valence electrons. The molecular formula is C12H17NS. The second-order valence-electron chi connectivity index (χ2n) is 4.60. The van der Waals surface area contributed by atoms with Crippen molar-refractivity contribution in [3.63, 3.8) is 0 Å². The first-order chi connectivity index (χ1) is 6.84. The highest BCUT2D eigenvalue weighted by atomic mass is 32.1. The lowest BCUT2D eigenvalue weighted by molar-refractivity contribution is 0.596. The second kappa shape index (κ2) is 3.07. The number of hydrogen-bond acceptors (Lipinski definition) is 2. The lowest BCUT2D eigenvalue weighted by atomic mass is 9.98. The maximum absolute atomic E-state index is 3.49. The second-order valence-corrected chi connectivity index (χ2v) is 5.74. The van der Waals surface area contributed by atoms with E-state index in [-0.39, 0.29) is 0 Å². The zero-order valence-electron chi connectivity index (χ0n) is 8.73. The van der Waals surface area contributed by atoms with Crippen LogP contribution in [0, 0.1) is 0 Å². The summed E-state index contributed by atoms with van der Waals surface area (Å²) in [7, 11) is 2.10. The van der Waals surface area contributed by atoms with Crippen LogP contribution in [0.5, 0.6) is 0 Å². The van der Waals surface area contributed by atoms with Gasteiger partial charge in [0.2, 0.25) is 0 Å². The van der Waals surface area contributed by atoms with Gasteiger partial charge in [-0.15, -0.1) is 11.3 Å². The molecule has 2 aliphatic rings. The van der Waals surface area contributed by atoms with Gasteiger partial charge in [0.1, 0.15) is 0 Å². The number of hydrogen-bond donors (Lipinski definition) is 1. The number of rotatable bonds is 2. The summed E-state index contributed by atoms with van der Waals surface area (Å²) in [5.74, 6) is 0. The van der Waals surface area contributed by atoms with E-state index in [9.17, 15) is 0 Å². The molecule has 1 nitrogen and oxygen atoms in total. The van der Waals surface area contributed by atoms with Crippen LogP contribution in [0.3, 0.4) is 0 Å². The third-order valence-corrected chi connectivity index (χ3v) is 5.14. The molecule has 1 aromatic rings. The van der Waals surface area contributed by atoms with E-state index < -0.39 is 0 Å². The van der Waals surface area contributed by atoms with Gasteiger partial charge in [-0.05, 0) is 57.2 Å². The molecule has 0 atom stereocenters. The predicted octanol–water partition coefficient (Wildman–Crippen LogP) is 2.84. The van der Waals surface area contributed by atoms with Crippen molar-refractivity contribution in [3.05, 3.63) is 21.4 Å². The van der Waals surface area contributed by atoms with E-state index in [0.717, 1.165) is 0 Å². The average Bonchev–Trinajstić information content (AvgIpc) is 2.91. The number of thiophene rings is 1. The first-order valence-electron chi connectivity index (χ1n) is 5.65. The minimum atomic E-state index is 0.391. The van der Waals surface area contributed by atoms with Crippen molar-refractivity contribution in [2.45, 2.75) is 44.1 Å². The Kier molecular flexibility index (Phi) is 1.96. The van der Waals surface area contributed by atoms with Crippen molar-refractivity contribution < 1.29 is 0 Å². The summed E-state index contributed by atoms with van der Waals surface area (Å²) in [5, 5.41) is 3.49. The molecule has 0 saturated heterocycles. The average molecular weight is 207 g/mol. The molecule has 0 spiro atoms. The Hall–Kier alpha value is -0.340. The minimum absolute atomic E-state index is 0.391. The molecule has 1 fully saturated rings. The van der Waals surface area contributed by atoms with Crippen molar-refractivity contribution in [2.24, 2.45) is 0 Å². The molecule has 2 heteroatoms. The van der Waals surface area contributed by atoms with Gasteiger partial charge in [0.25, 0.3) is 0 Å². The van der Waals surface area contributed by atoms with Crippen LogP contribution in [0.2, 0.25) is 0 Å². The summed E-state index contributed by atoms with van der Waals surface area (Å²) in [4.78, 5) is 3.28. The first kappa shape index (κ1) is 8.93. The summed E-state index contributed by atoms with van der Waals surface area (Å²) in [6, 6.07) is 2.47. The molecule has 0 amide bonds. The Morgan fingerprint density at radius 1 is 1.29 bits per heavy atom. The Labute approximate surface area is 89.5 Å². The van der Waals surface area contributed by atoms with Crippen molar-refractivity contribution in [2.75, 3.05) is 7.05 Å². The molecule has 0 aromatic carbocycles.